The molecule has 0 aliphatic heterocycles. The van der Waals surface area contributed by atoms with E-state index in [4.69, 9.17) is 11.5 Å². The van der Waals surface area contributed by atoms with Gasteiger partial charge in [-0.25, -0.2) is 4.98 Å². The van der Waals surface area contributed by atoms with Gasteiger partial charge in [0.05, 0.1) is 10.1 Å². The molecule has 1 rings (SSSR count). The van der Waals surface area contributed by atoms with Crippen LogP contribution in [0.15, 0.2) is 11.0 Å². The summed E-state index contributed by atoms with van der Waals surface area (Å²) in [5.74, 6) is -0.128. The third-order valence-corrected chi connectivity index (χ3v) is 2.69. The Morgan fingerprint density at radius 1 is 1.73 bits per heavy atom. The van der Waals surface area contributed by atoms with Crippen LogP contribution in [0.1, 0.15) is 5.82 Å². The van der Waals surface area contributed by atoms with Gasteiger partial charge in [-0.3, -0.25) is 14.2 Å². The van der Waals surface area contributed by atoms with E-state index in [2.05, 4.69) is 4.98 Å². The van der Waals surface area contributed by atoms with Crippen LogP contribution in [0, 0.1) is 10.5 Å². The second-order valence-electron chi connectivity index (χ2n) is 3.08. The minimum absolute atomic E-state index is 0.0594. The molecule has 15 heavy (non-hydrogen) atoms. The Labute approximate surface area is 99.8 Å². The van der Waals surface area contributed by atoms with E-state index in [0.717, 1.165) is 0 Å². The van der Waals surface area contributed by atoms with Crippen molar-refractivity contribution in [3.63, 3.8) is 0 Å². The first-order valence-corrected chi connectivity index (χ1v) is 5.28. The van der Waals surface area contributed by atoms with Gasteiger partial charge in [-0.2, -0.15) is 0 Å². The van der Waals surface area contributed by atoms with E-state index < -0.39 is 11.9 Å². The number of aromatic nitrogens is 2. The fourth-order valence-corrected chi connectivity index (χ4v) is 1.48. The maximum atomic E-state index is 11.7. The van der Waals surface area contributed by atoms with Crippen molar-refractivity contribution >= 4 is 28.5 Å². The normalized spacial score (nSPS) is 12.5. The molecule has 1 heterocycles. The smallest absolute Gasteiger partial charge is 0.266 e. The molecule has 0 bridgehead atoms. The minimum atomic E-state index is -0.874. The Morgan fingerprint density at radius 3 is 2.87 bits per heavy atom. The first-order chi connectivity index (χ1) is 6.93. The number of primary amides is 1. The summed E-state index contributed by atoms with van der Waals surface area (Å²) in [6.45, 7) is 1.73. The SMILES string of the molecule is Cc1ncc(I)c(=O)n1CC(N)C(N)=O. The van der Waals surface area contributed by atoms with Crippen LogP contribution < -0.4 is 17.0 Å². The minimum Gasteiger partial charge on any atom is -0.368 e. The molecule has 0 fully saturated rings. The Hall–Kier alpha value is -0.960. The lowest BCUT2D eigenvalue weighted by atomic mass is 10.3. The highest BCUT2D eigenvalue weighted by molar-refractivity contribution is 14.1. The summed E-state index contributed by atoms with van der Waals surface area (Å²) in [7, 11) is 0. The van der Waals surface area contributed by atoms with Crippen molar-refractivity contribution in [2.75, 3.05) is 0 Å². The summed E-state index contributed by atoms with van der Waals surface area (Å²) >= 11 is 1.88. The number of amides is 1. The fraction of sp³-hybridized carbons (Fsp3) is 0.375. The molecule has 0 aliphatic rings. The third kappa shape index (κ3) is 2.75. The lowest BCUT2D eigenvalue weighted by Crippen LogP contribution is -2.43. The molecule has 0 saturated heterocycles. The van der Waals surface area contributed by atoms with E-state index in [1.54, 1.807) is 6.92 Å². The number of hydrogen-bond acceptors (Lipinski definition) is 4. The van der Waals surface area contributed by atoms with Crippen molar-refractivity contribution in [2.24, 2.45) is 11.5 Å². The lowest BCUT2D eigenvalue weighted by molar-refractivity contribution is -0.119. The summed E-state index contributed by atoms with van der Waals surface area (Å²) in [6.07, 6.45) is 1.48. The lowest BCUT2D eigenvalue weighted by Gasteiger charge is -2.12. The topological polar surface area (TPSA) is 104 Å². The van der Waals surface area contributed by atoms with Crippen molar-refractivity contribution in [1.82, 2.24) is 9.55 Å². The van der Waals surface area contributed by atoms with Crippen LogP contribution in [0.5, 0.6) is 0 Å². The molecule has 1 amide bonds. The number of carbonyl (C=O) groups is 1. The number of aryl methyl sites for hydroxylation is 1. The van der Waals surface area contributed by atoms with Crippen LogP contribution in [-0.4, -0.2) is 21.5 Å². The number of halogens is 1. The molecular formula is C8H11IN4O2. The van der Waals surface area contributed by atoms with Crippen molar-refractivity contribution < 1.29 is 4.79 Å². The van der Waals surface area contributed by atoms with Gasteiger partial charge in [0, 0.05) is 6.20 Å². The van der Waals surface area contributed by atoms with Gasteiger partial charge < -0.3 is 11.5 Å². The zero-order valence-electron chi connectivity index (χ0n) is 8.11. The first-order valence-electron chi connectivity index (χ1n) is 4.20. The monoisotopic (exact) mass is 322 g/mol. The number of carbonyl (C=O) groups excluding carboxylic acids is 1. The molecule has 1 atom stereocenters. The number of rotatable bonds is 3. The van der Waals surface area contributed by atoms with E-state index in [9.17, 15) is 9.59 Å². The van der Waals surface area contributed by atoms with Crippen molar-refractivity contribution in [3.05, 3.63) is 25.9 Å². The standard InChI is InChI=1S/C8H11IN4O2/c1-4-12-2-5(9)8(15)13(4)3-6(10)7(11)14/h2,6H,3,10H2,1H3,(H2,11,14). The number of nitrogens with two attached hydrogens (primary N) is 2. The van der Waals surface area contributed by atoms with Gasteiger partial charge in [-0.15, -0.1) is 0 Å². The van der Waals surface area contributed by atoms with E-state index in [0.29, 0.717) is 9.39 Å². The summed E-state index contributed by atoms with van der Waals surface area (Å²) in [4.78, 5) is 26.4. The summed E-state index contributed by atoms with van der Waals surface area (Å²) in [6, 6.07) is -0.874. The van der Waals surface area contributed by atoms with Crippen molar-refractivity contribution in [3.8, 4) is 0 Å². The van der Waals surface area contributed by atoms with Crippen LogP contribution in [0.25, 0.3) is 0 Å². The molecule has 0 saturated carbocycles. The molecule has 0 aromatic carbocycles. The molecule has 6 nitrogen and oxygen atoms in total. The van der Waals surface area contributed by atoms with Crippen LogP contribution >= 0.6 is 22.6 Å². The largest absolute Gasteiger partial charge is 0.368 e. The Bertz CT molecular complexity index is 443. The molecule has 4 N–H and O–H groups in total. The Kier molecular flexibility index (Phi) is 3.80. The van der Waals surface area contributed by atoms with Gasteiger partial charge in [0.2, 0.25) is 5.91 Å². The summed E-state index contributed by atoms with van der Waals surface area (Å²) in [5, 5.41) is 0. The van der Waals surface area contributed by atoms with Gasteiger partial charge >= 0.3 is 0 Å². The average Bonchev–Trinajstić information content (AvgIpc) is 2.18. The van der Waals surface area contributed by atoms with E-state index >= 15 is 0 Å². The van der Waals surface area contributed by atoms with Crippen LogP contribution in [0.3, 0.4) is 0 Å². The van der Waals surface area contributed by atoms with Gasteiger partial charge in [0.15, 0.2) is 0 Å². The predicted octanol–water partition coefficient (Wildman–Crippen LogP) is -1.03. The molecule has 7 heteroatoms. The second kappa shape index (κ2) is 4.71. The maximum absolute atomic E-state index is 11.7. The molecule has 0 radical (unpaired) electrons. The van der Waals surface area contributed by atoms with Gasteiger partial charge in [0.25, 0.3) is 5.56 Å². The summed E-state index contributed by atoms with van der Waals surface area (Å²) < 4.78 is 1.83. The highest BCUT2D eigenvalue weighted by Gasteiger charge is 2.13. The zero-order valence-corrected chi connectivity index (χ0v) is 10.3. The maximum Gasteiger partial charge on any atom is 0.266 e. The number of hydrogen-bond donors (Lipinski definition) is 2. The summed E-state index contributed by atoms with van der Waals surface area (Å²) in [5.41, 5.74) is 10.3. The van der Waals surface area contributed by atoms with Gasteiger partial charge in [0.1, 0.15) is 11.9 Å². The molecule has 0 aliphatic carbocycles. The highest BCUT2D eigenvalue weighted by Crippen LogP contribution is 1.98. The molecule has 1 aromatic heterocycles. The van der Waals surface area contributed by atoms with Gasteiger partial charge in [-0.1, -0.05) is 0 Å². The Balaban J connectivity index is 3.09. The van der Waals surface area contributed by atoms with Crippen LogP contribution in [0.2, 0.25) is 0 Å². The molecule has 82 valence electrons. The quantitative estimate of drug-likeness (QED) is 0.694. The molecular weight excluding hydrogens is 311 g/mol. The predicted molar refractivity (Wildman–Crippen MR) is 63.1 cm³/mol. The molecule has 1 unspecified atom stereocenters. The van der Waals surface area contributed by atoms with Crippen LogP contribution in [-0.2, 0) is 11.3 Å². The number of nitrogens with zero attached hydrogens (tertiary/aromatic N) is 2. The van der Waals surface area contributed by atoms with E-state index in [-0.39, 0.29) is 12.1 Å². The van der Waals surface area contributed by atoms with Crippen molar-refractivity contribution in [1.29, 1.82) is 0 Å². The molecule has 1 aromatic rings. The van der Waals surface area contributed by atoms with E-state index in [1.165, 1.54) is 10.8 Å². The Morgan fingerprint density at radius 2 is 2.33 bits per heavy atom. The van der Waals surface area contributed by atoms with Gasteiger partial charge in [-0.05, 0) is 29.5 Å². The average molecular weight is 322 g/mol. The highest BCUT2D eigenvalue weighted by atomic mass is 127. The fourth-order valence-electron chi connectivity index (χ4n) is 1.05. The van der Waals surface area contributed by atoms with Crippen molar-refractivity contribution in [2.45, 2.75) is 19.5 Å². The third-order valence-electron chi connectivity index (χ3n) is 1.95. The second-order valence-corrected chi connectivity index (χ2v) is 4.24. The zero-order chi connectivity index (χ0) is 11.6. The molecule has 0 spiro atoms. The van der Waals surface area contributed by atoms with Crippen LogP contribution in [0.4, 0.5) is 0 Å². The first kappa shape index (κ1) is 12.1. The van der Waals surface area contributed by atoms with E-state index in [1.807, 2.05) is 22.6 Å².